The molecular weight excluding hydrogens is 318 g/mol. The second kappa shape index (κ2) is 6.25. The number of aromatic nitrogens is 1. The molecule has 6 heteroatoms. The topological polar surface area (TPSA) is 38.1 Å². The van der Waals surface area contributed by atoms with Crippen molar-refractivity contribution >= 4 is 15.9 Å². The van der Waals surface area contributed by atoms with Crippen LogP contribution in [0.25, 0.3) is 11.3 Å². The Labute approximate surface area is 118 Å². The van der Waals surface area contributed by atoms with Crippen LogP contribution in [0.4, 0.5) is 8.78 Å². The van der Waals surface area contributed by atoms with Gasteiger partial charge in [-0.05, 0) is 25.1 Å². The average molecular weight is 331 g/mol. The highest BCUT2D eigenvalue weighted by Gasteiger charge is 2.19. The molecule has 0 aliphatic carbocycles. The molecule has 2 aromatic rings. The number of oxazole rings is 1. The minimum Gasteiger partial charge on any atom is -0.443 e. The van der Waals surface area contributed by atoms with E-state index in [-0.39, 0.29) is 11.3 Å². The van der Waals surface area contributed by atoms with E-state index < -0.39 is 11.6 Å². The maximum Gasteiger partial charge on any atom is 0.181 e. The molecule has 0 aliphatic rings. The highest BCUT2D eigenvalue weighted by atomic mass is 79.9. The van der Waals surface area contributed by atoms with E-state index in [1.807, 2.05) is 6.92 Å². The van der Waals surface area contributed by atoms with Crippen molar-refractivity contribution in [2.75, 3.05) is 6.54 Å². The van der Waals surface area contributed by atoms with Gasteiger partial charge in [-0.15, -0.1) is 0 Å². The van der Waals surface area contributed by atoms with Gasteiger partial charge in [0.05, 0.1) is 5.56 Å². The summed E-state index contributed by atoms with van der Waals surface area (Å²) in [4.78, 5) is 3.99. The van der Waals surface area contributed by atoms with Crippen LogP contribution in [0.2, 0.25) is 0 Å². The molecule has 1 N–H and O–H groups in total. The number of nitrogens with zero attached hydrogens (tertiary/aromatic N) is 1. The molecule has 0 radical (unpaired) electrons. The van der Waals surface area contributed by atoms with Crippen LogP contribution < -0.4 is 5.32 Å². The van der Waals surface area contributed by atoms with Gasteiger partial charge in [-0.2, -0.15) is 0 Å². The first-order chi connectivity index (χ1) is 9.13. The molecule has 0 saturated heterocycles. The Morgan fingerprint density at radius 2 is 2.00 bits per heavy atom. The predicted octanol–water partition coefficient (Wildman–Crippen LogP) is 3.88. The largest absolute Gasteiger partial charge is 0.443 e. The molecule has 1 aromatic carbocycles. The Bertz CT molecular complexity index is 549. The highest BCUT2D eigenvalue weighted by molar-refractivity contribution is 9.10. The third-order valence-electron chi connectivity index (χ3n) is 2.59. The minimum absolute atomic E-state index is 0.131. The number of hydrogen-bond donors (Lipinski definition) is 1. The van der Waals surface area contributed by atoms with Crippen molar-refractivity contribution in [2.45, 2.75) is 19.9 Å². The van der Waals surface area contributed by atoms with Crippen molar-refractivity contribution in [1.29, 1.82) is 0 Å². The highest BCUT2D eigenvalue weighted by Crippen LogP contribution is 2.31. The molecule has 0 unspecified atom stereocenters. The lowest BCUT2D eigenvalue weighted by molar-refractivity contribution is 0.540. The molecule has 0 bridgehead atoms. The SMILES string of the molecule is CCCNCc1ncoc1-c1c(F)cc(Br)cc1F. The fraction of sp³-hybridized carbons (Fsp3) is 0.308. The van der Waals surface area contributed by atoms with Crippen molar-refractivity contribution in [1.82, 2.24) is 10.3 Å². The monoisotopic (exact) mass is 330 g/mol. The molecule has 0 amide bonds. The number of hydrogen-bond acceptors (Lipinski definition) is 3. The predicted molar refractivity (Wildman–Crippen MR) is 71.6 cm³/mol. The Kier molecular flexibility index (Phi) is 4.66. The number of nitrogens with one attached hydrogen (secondary N) is 1. The summed E-state index contributed by atoms with van der Waals surface area (Å²) < 4.78 is 33.2. The van der Waals surface area contributed by atoms with E-state index in [1.54, 1.807) is 0 Å². The minimum atomic E-state index is -0.680. The van der Waals surface area contributed by atoms with Crippen LogP contribution in [0.5, 0.6) is 0 Å². The van der Waals surface area contributed by atoms with Crippen molar-refractivity contribution in [3.8, 4) is 11.3 Å². The molecule has 2 rings (SSSR count). The van der Waals surface area contributed by atoms with Gasteiger partial charge in [-0.25, -0.2) is 13.8 Å². The van der Waals surface area contributed by atoms with Crippen LogP contribution in [0, 0.1) is 11.6 Å². The van der Waals surface area contributed by atoms with Crippen LogP contribution in [0.1, 0.15) is 19.0 Å². The lowest BCUT2D eigenvalue weighted by Gasteiger charge is -2.06. The second-order valence-corrected chi connectivity index (χ2v) is 4.97. The molecule has 1 aromatic heterocycles. The van der Waals surface area contributed by atoms with E-state index >= 15 is 0 Å². The van der Waals surface area contributed by atoms with E-state index in [9.17, 15) is 8.78 Å². The quantitative estimate of drug-likeness (QED) is 0.845. The summed E-state index contributed by atoms with van der Waals surface area (Å²) in [7, 11) is 0. The molecular formula is C13H13BrF2N2O. The summed E-state index contributed by atoms with van der Waals surface area (Å²) in [5.74, 6) is -1.23. The van der Waals surface area contributed by atoms with Crippen LogP contribution in [0.3, 0.4) is 0 Å². The second-order valence-electron chi connectivity index (χ2n) is 4.05. The Morgan fingerprint density at radius 3 is 2.63 bits per heavy atom. The molecule has 0 spiro atoms. The fourth-order valence-corrected chi connectivity index (χ4v) is 2.14. The van der Waals surface area contributed by atoms with Gasteiger partial charge in [0.1, 0.15) is 17.3 Å². The first-order valence-electron chi connectivity index (χ1n) is 5.91. The molecule has 1 heterocycles. The summed E-state index contributed by atoms with van der Waals surface area (Å²) in [6.07, 6.45) is 2.16. The van der Waals surface area contributed by atoms with Crippen LogP contribution >= 0.6 is 15.9 Å². The lowest BCUT2D eigenvalue weighted by atomic mass is 10.1. The van der Waals surface area contributed by atoms with Crippen molar-refractivity contribution in [3.05, 3.63) is 40.3 Å². The Balaban J connectivity index is 2.35. The summed E-state index contributed by atoms with van der Waals surface area (Å²) in [6.45, 7) is 3.25. The van der Waals surface area contributed by atoms with E-state index in [0.29, 0.717) is 16.7 Å². The molecule has 0 fully saturated rings. The summed E-state index contributed by atoms with van der Waals surface area (Å²) in [5.41, 5.74) is 0.308. The van der Waals surface area contributed by atoms with Gasteiger partial charge in [0.15, 0.2) is 12.2 Å². The van der Waals surface area contributed by atoms with Gasteiger partial charge in [-0.3, -0.25) is 0 Å². The van der Waals surface area contributed by atoms with E-state index in [4.69, 9.17) is 4.42 Å². The van der Waals surface area contributed by atoms with Crippen molar-refractivity contribution in [2.24, 2.45) is 0 Å². The Hall–Kier alpha value is -1.27. The van der Waals surface area contributed by atoms with Crippen molar-refractivity contribution < 1.29 is 13.2 Å². The smallest absolute Gasteiger partial charge is 0.181 e. The molecule has 0 saturated carbocycles. The summed E-state index contributed by atoms with van der Waals surface area (Å²) in [5, 5.41) is 3.12. The molecule has 19 heavy (non-hydrogen) atoms. The van der Waals surface area contributed by atoms with Gasteiger partial charge < -0.3 is 9.73 Å². The van der Waals surface area contributed by atoms with E-state index in [1.165, 1.54) is 18.5 Å². The van der Waals surface area contributed by atoms with Crippen LogP contribution in [-0.4, -0.2) is 11.5 Å². The summed E-state index contributed by atoms with van der Waals surface area (Å²) >= 11 is 3.04. The van der Waals surface area contributed by atoms with Gasteiger partial charge in [0.2, 0.25) is 0 Å². The molecule has 3 nitrogen and oxygen atoms in total. The van der Waals surface area contributed by atoms with Gasteiger partial charge >= 0.3 is 0 Å². The van der Waals surface area contributed by atoms with Gasteiger partial charge in [0, 0.05) is 11.0 Å². The zero-order valence-corrected chi connectivity index (χ0v) is 11.9. The zero-order valence-electron chi connectivity index (χ0n) is 10.3. The maximum atomic E-state index is 13.9. The number of rotatable bonds is 5. The Morgan fingerprint density at radius 1 is 1.32 bits per heavy atom. The van der Waals surface area contributed by atoms with Crippen molar-refractivity contribution in [3.63, 3.8) is 0 Å². The van der Waals surface area contributed by atoms with E-state index in [2.05, 4.69) is 26.2 Å². The van der Waals surface area contributed by atoms with Crippen LogP contribution in [-0.2, 0) is 6.54 Å². The molecule has 0 atom stereocenters. The normalized spacial score (nSPS) is 10.9. The molecule has 102 valence electrons. The standard InChI is InChI=1S/C13H13BrF2N2O/c1-2-3-17-6-11-13(19-7-18-11)12-9(15)4-8(14)5-10(12)16/h4-5,7,17H,2-3,6H2,1H3. The number of halogens is 3. The maximum absolute atomic E-state index is 13.9. The number of benzene rings is 1. The van der Waals surface area contributed by atoms with Gasteiger partial charge in [0.25, 0.3) is 0 Å². The van der Waals surface area contributed by atoms with Gasteiger partial charge in [-0.1, -0.05) is 22.9 Å². The van der Waals surface area contributed by atoms with E-state index in [0.717, 1.165) is 13.0 Å². The summed E-state index contributed by atoms with van der Waals surface area (Å²) in [6, 6.07) is 2.40. The lowest BCUT2D eigenvalue weighted by Crippen LogP contribution is -2.14. The third kappa shape index (κ3) is 3.19. The van der Waals surface area contributed by atoms with Crippen LogP contribution in [0.15, 0.2) is 27.4 Å². The first-order valence-corrected chi connectivity index (χ1v) is 6.70. The first kappa shape index (κ1) is 14.1. The fourth-order valence-electron chi connectivity index (χ4n) is 1.74. The zero-order chi connectivity index (χ0) is 13.8. The third-order valence-corrected chi connectivity index (χ3v) is 3.05. The molecule has 0 aliphatic heterocycles. The average Bonchev–Trinajstić information content (AvgIpc) is 2.76.